The lowest BCUT2D eigenvalue weighted by Gasteiger charge is -2.27. The zero-order chi connectivity index (χ0) is 9.42. The van der Waals surface area contributed by atoms with Crippen LogP contribution in [0.4, 0.5) is 11.4 Å². The van der Waals surface area contributed by atoms with E-state index in [1.807, 2.05) is 18.0 Å². The van der Waals surface area contributed by atoms with Crippen LogP contribution in [0.25, 0.3) is 0 Å². The molecule has 0 aromatic carbocycles. The monoisotopic (exact) mass is 197 g/mol. The zero-order valence-electron chi connectivity index (χ0n) is 7.04. The second-order valence-corrected chi connectivity index (χ2v) is 3.26. The number of hydrogen-bond donors (Lipinski definition) is 1. The van der Waals surface area contributed by atoms with Gasteiger partial charge < -0.3 is 10.2 Å². The van der Waals surface area contributed by atoms with E-state index in [2.05, 4.69) is 10.3 Å². The molecular weight excluding hydrogens is 190 g/mol. The zero-order valence-corrected chi connectivity index (χ0v) is 7.80. The van der Waals surface area contributed by atoms with Crippen LogP contribution in [0, 0.1) is 0 Å². The van der Waals surface area contributed by atoms with Gasteiger partial charge in [-0.2, -0.15) is 0 Å². The number of aromatic nitrogens is 1. The Labute approximate surface area is 80.5 Å². The summed E-state index contributed by atoms with van der Waals surface area (Å²) < 4.78 is 0. The van der Waals surface area contributed by atoms with Crippen LogP contribution in [0.2, 0.25) is 5.15 Å². The number of nitrogens with zero attached hydrogens (tertiary/aromatic N) is 2. The SMILES string of the molecule is CN1CC(=O)Nc2c1ccnc2Cl. The van der Waals surface area contributed by atoms with Crippen LogP contribution in [0.3, 0.4) is 0 Å². The van der Waals surface area contributed by atoms with Crippen molar-refractivity contribution < 1.29 is 4.79 Å². The minimum absolute atomic E-state index is 0.0649. The molecule has 4 nitrogen and oxygen atoms in total. The summed E-state index contributed by atoms with van der Waals surface area (Å²) in [5.41, 5.74) is 1.50. The van der Waals surface area contributed by atoms with Crippen molar-refractivity contribution in [3.8, 4) is 0 Å². The summed E-state index contributed by atoms with van der Waals surface area (Å²) in [4.78, 5) is 16.9. The number of hydrogen-bond acceptors (Lipinski definition) is 3. The molecule has 1 aliphatic rings. The number of nitrogens with one attached hydrogen (secondary N) is 1. The summed E-state index contributed by atoms with van der Waals surface area (Å²) >= 11 is 5.82. The maximum atomic E-state index is 11.1. The van der Waals surface area contributed by atoms with Crippen molar-refractivity contribution in [1.29, 1.82) is 0 Å². The fourth-order valence-electron chi connectivity index (χ4n) is 1.34. The molecule has 0 saturated heterocycles. The third kappa shape index (κ3) is 1.33. The molecule has 0 saturated carbocycles. The molecule has 5 heteroatoms. The van der Waals surface area contributed by atoms with Crippen LogP contribution in [0.1, 0.15) is 0 Å². The molecule has 13 heavy (non-hydrogen) atoms. The molecule has 0 radical (unpaired) electrons. The van der Waals surface area contributed by atoms with E-state index in [9.17, 15) is 4.79 Å². The van der Waals surface area contributed by atoms with E-state index in [0.29, 0.717) is 17.4 Å². The molecule has 1 aromatic heterocycles. The van der Waals surface area contributed by atoms with Crippen molar-refractivity contribution in [2.45, 2.75) is 0 Å². The number of rotatable bonds is 0. The van der Waals surface area contributed by atoms with Crippen molar-refractivity contribution >= 4 is 28.9 Å². The lowest BCUT2D eigenvalue weighted by atomic mass is 10.2. The Bertz CT molecular complexity index is 366. The smallest absolute Gasteiger partial charge is 0.244 e. The van der Waals surface area contributed by atoms with Gasteiger partial charge in [-0.25, -0.2) is 4.98 Å². The summed E-state index contributed by atoms with van der Waals surface area (Å²) in [7, 11) is 1.84. The summed E-state index contributed by atoms with van der Waals surface area (Å²) in [5, 5.41) is 3.01. The second-order valence-electron chi connectivity index (χ2n) is 2.90. The molecule has 2 rings (SSSR count). The minimum Gasteiger partial charge on any atom is -0.363 e. The van der Waals surface area contributed by atoms with Crippen LogP contribution < -0.4 is 10.2 Å². The second kappa shape index (κ2) is 2.88. The molecule has 0 unspecified atom stereocenters. The fourth-order valence-corrected chi connectivity index (χ4v) is 1.54. The van der Waals surface area contributed by atoms with E-state index in [1.165, 1.54) is 0 Å². The lowest BCUT2D eigenvalue weighted by molar-refractivity contribution is -0.115. The number of amides is 1. The highest BCUT2D eigenvalue weighted by atomic mass is 35.5. The Morgan fingerprint density at radius 3 is 3.23 bits per heavy atom. The van der Waals surface area contributed by atoms with Gasteiger partial charge in [0.05, 0.1) is 12.2 Å². The van der Waals surface area contributed by atoms with Crippen molar-refractivity contribution in [3.63, 3.8) is 0 Å². The molecule has 2 heterocycles. The highest BCUT2D eigenvalue weighted by Crippen LogP contribution is 2.32. The van der Waals surface area contributed by atoms with Crippen molar-refractivity contribution in [2.75, 3.05) is 23.8 Å². The largest absolute Gasteiger partial charge is 0.363 e. The number of carbonyl (C=O) groups excluding carboxylic acids is 1. The molecule has 0 fully saturated rings. The first-order valence-corrected chi connectivity index (χ1v) is 4.22. The number of carbonyl (C=O) groups is 1. The minimum atomic E-state index is -0.0649. The average molecular weight is 198 g/mol. The first kappa shape index (κ1) is 8.31. The molecule has 68 valence electrons. The molecule has 0 aliphatic carbocycles. The van der Waals surface area contributed by atoms with Gasteiger partial charge in [-0.05, 0) is 6.07 Å². The van der Waals surface area contributed by atoms with Crippen LogP contribution in [0.15, 0.2) is 12.3 Å². The van der Waals surface area contributed by atoms with Crippen LogP contribution in [-0.2, 0) is 4.79 Å². The highest BCUT2D eigenvalue weighted by molar-refractivity contribution is 6.33. The molecule has 1 amide bonds. The van der Waals surface area contributed by atoms with Gasteiger partial charge in [-0.15, -0.1) is 0 Å². The maximum absolute atomic E-state index is 11.1. The van der Waals surface area contributed by atoms with E-state index >= 15 is 0 Å². The Hall–Kier alpha value is -1.29. The number of likely N-dealkylation sites (N-methyl/N-ethyl adjacent to an activating group) is 1. The first-order chi connectivity index (χ1) is 6.18. The summed E-state index contributed by atoms with van der Waals surface area (Å²) in [6.45, 7) is 0.355. The van der Waals surface area contributed by atoms with E-state index in [0.717, 1.165) is 5.69 Å². The van der Waals surface area contributed by atoms with Gasteiger partial charge >= 0.3 is 0 Å². The molecule has 1 aromatic rings. The highest BCUT2D eigenvalue weighted by Gasteiger charge is 2.21. The van der Waals surface area contributed by atoms with Gasteiger partial charge in [0.2, 0.25) is 5.91 Å². The topological polar surface area (TPSA) is 45.2 Å². The number of fused-ring (bicyclic) bond motifs is 1. The van der Waals surface area contributed by atoms with Gasteiger partial charge in [-0.1, -0.05) is 11.6 Å². The van der Waals surface area contributed by atoms with Gasteiger partial charge in [0, 0.05) is 13.2 Å². The van der Waals surface area contributed by atoms with Crippen molar-refractivity contribution in [1.82, 2.24) is 4.98 Å². The van der Waals surface area contributed by atoms with Crippen LogP contribution in [0.5, 0.6) is 0 Å². The molecule has 0 atom stereocenters. The quantitative estimate of drug-likeness (QED) is 0.634. The average Bonchev–Trinajstić information content (AvgIpc) is 2.07. The summed E-state index contributed by atoms with van der Waals surface area (Å²) in [5.74, 6) is -0.0649. The molecular formula is C8H8ClN3O. The fraction of sp³-hybridized carbons (Fsp3) is 0.250. The van der Waals surface area contributed by atoms with Gasteiger partial charge in [0.25, 0.3) is 0 Å². The van der Waals surface area contributed by atoms with Gasteiger partial charge in [0.1, 0.15) is 5.69 Å². The normalized spacial score (nSPS) is 15.2. The number of anilines is 2. The predicted octanol–water partition coefficient (Wildman–Crippen LogP) is 1.12. The maximum Gasteiger partial charge on any atom is 0.244 e. The first-order valence-electron chi connectivity index (χ1n) is 3.84. The molecule has 0 bridgehead atoms. The Morgan fingerprint density at radius 2 is 2.46 bits per heavy atom. The molecule has 1 N–H and O–H groups in total. The van der Waals surface area contributed by atoms with E-state index in [1.54, 1.807) is 6.20 Å². The van der Waals surface area contributed by atoms with Crippen LogP contribution in [-0.4, -0.2) is 24.5 Å². The standard InChI is InChI=1S/C8H8ClN3O/c1-12-4-6(13)11-7-5(12)2-3-10-8(7)9/h2-3H,4H2,1H3,(H,11,13). The van der Waals surface area contributed by atoms with Crippen LogP contribution >= 0.6 is 11.6 Å². The Morgan fingerprint density at radius 1 is 1.69 bits per heavy atom. The summed E-state index contributed by atoms with van der Waals surface area (Å²) in [6.07, 6.45) is 1.62. The third-order valence-corrected chi connectivity index (χ3v) is 2.23. The Balaban J connectivity index is 2.54. The third-order valence-electron chi connectivity index (χ3n) is 1.94. The molecule has 1 aliphatic heterocycles. The van der Waals surface area contributed by atoms with Gasteiger partial charge in [-0.3, -0.25) is 4.79 Å². The summed E-state index contributed by atoms with van der Waals surface area (Å²) in [6, 6.07) is 1.82. The van der Waals surface area contributed by atoms with E-state index in [-0.39, 0.29) is 5.91 Å². The number of pyridine rings is 1. The van der Waals surface area contributed by atoms with E-state index < -0.39 is 0 Å². The van der Waals surface area contributed by atoms with E-state index in [4.69, 9.17) is 11.6 Å². The molecule has 0 spiro atoms. The van der Waals surface area contributed by atoms with Crippen molar-refractivity contribution in [2.24, 2.45) is 0 Å². The van der Waals surface area contributed by atoms with Gasteiger partial charge in [0.15, 0.2) is 5.15 Å². The predicted molar refractivity (Wildman–Crippen MR) is 51.1 cm³/mol. The Kier molecular flexibility index (Phi) is 1.84. The number of halogens is 1. The van der Waals surface area contributed by atoms with Crippen molar-refractivity contribution in [3.05, 3.63) is 17.4 Å². The lowest BCUT2D eigenvalue weighted by Crippen LogP contribution is -2.35.